The van der Waals surface area contributed by atoms with Gasteiger partial charge in [-0.2, -0.15) is 0 Å². The number of hydrogen-bond acceptors (Lipinski definition) is 3. The van der Waals surface area contributed by atoms with Gasteiger partial charge in [-0.25, -0.2) is 0 Å². The van der Waals surface area contributed by atoms with Gasteiger partial charge in [0.25, 0.3) is 0 Å². The van der Waals surface area contributed by atoms with Crippen molar-refractivity contribution in [2.75, 3.05) is 6.61 Å². The second-order valence-corrected chi connectivity index (χ2v) is 4.27. The normalized spacial score (nSPS) is 11.5. The second kappa shape index (κ2) is 7.36. The van der Waals surface area contributed by atoms with Gasteiger partial charge in [-0.05, 0) is 24.1 Å². The molecule has 1 aromatic carbocycles. The Morgan fingerprint density at radius 2 is 2.00 bits per heavy atom. The fourth-order valence-corrected chi connectivity index (χ4v) is 1.64. The first-order chi connectivity index (χ1) is 9.02. The van der Waals surface area contributed by atoms with E-state index in [1.807, 2.05) is 31.2 Å². The molecule has 4 nitrogen and oxygen atoms in total. The van der Waals surface area contributed by atoms with Gasteiger partial charge in [0.05, 0.1) is 12.6 Å². The Balaban J connectivity index is 2.53. The van der Waals surface area contributed by atoms with E-state index < -0.39 is 0 Å². The lowest BCUT2D eigenvalue weighted by Gasteiger charge is -2.13. The molecular weight excluding hydrogens is 242 g/mol. The minimum absolute atomic E-state index is 0.0620. The molecule has 0 radical (unpaired) electrons. The van der Waals surface area contributed by atoms with Crippen LogP contribution in [0.2, 0.25) is 0 Å². The van der Waals surface area contributed by atoms with E-state index >= 15 is 0 Å². The number of nitrogens with one attached hydrogen (secondary N) is 1. The molecule has 0 aliphatic heterocycles. The SMILES string of the molecule is C=CC(=O)NC(C)c1ccc(CCOC(C)=O)cc1. The van der Waals surface area contributed by atoms with Crippen LogP contribution < -0.4 is 5.32 Å². The van der Waals surface area contributed by atoms with Gasteiger partial charge in [-0.1, -0.05) is 30.8 Å². The van der Waals surface area contributed by atoms with Gasteiger partial charge in [0, 0.05) is 13.3 Å². The molecule has 19 heavy (non-hydrogen) atoms. The van der Waals surface area contributed by atoms with Crippen LogP contribution in [0.1, 0.15) is 31.0 Å². The quantitative estimate of drug-likeness (QED) is 0.630. The van der Waals surface area contributed by atoms with Crippen LogP contribution >= 0.6 is 0 Å². The van der Waals surface area contributed by atoms with E-state index in [-0.39, 0.29) is 17.9 Å². The third kappa shape index (κ3) is 5.38. The highest BCUT2D eigenvalue weighted by Gasteiger charge is 2.07. The zero-order valence-electron chi connectivity index (χ0n) is 11.3. The van der Waals surface area contributed by atoms with Crippen LogP contribution in [0.5, 0.6) is 0 Å². The maximum absolute atomic E-state index is 11.2. The van der Waals surface area contributed by atoms with Crippen molar-refractivity contribution >= 4 is 11.9 Å². The van der Waals surface area contributed by atoms with Crippen molar-refractivity contribution in [1.82, 2.24) is 5.32 Å². The van der Waals surface area contributed by atoms with Gasteiger partial charge in [0.1, 0.15) is 0 Å². The first-order valence-corrected chi connectivity index (χ1v) is 6.18. The van der Waals surface area contributed by atoms with Crippen molar-refractivity contribution in [3.8, 4) is 0 Å². The number of benzene rings is 1. The molecule has 0 saturated heterocycles. The van der Waals surface area contributed by atoms with Crippen LogP contribution in [0, 0.1) is 0 Å². The third-order valence-electron chi connectivity index (χ3n) is 2.72. The van der Waals surface area contributed by atoms with Crippen LogP contribution in [0.3, 0.4) is 0 Å². The molecule has 1 aromatic rings. The number of hydrogen-bond donors (Lipinski definition) is 1. The number of amides is 1. The van der Waals surface area contributed by atoms with Crippen LogP contribution in [0.4, 0.5) is 0 Å². The van der Waals surface area contributed by atoms with Crippen molar-refractivity contribution in [2.45, 2.75) is 26.3 Å². The smallest absolute Gasteiger partial charge is 0.302 e. The molecule has 102 valence electrons. The van der Waals surface area contributed by atoms with E-state index in [0.717, 1.165) is 11.1 Å². The molecule has 1 amide bonds. The van der Waals surface area contributed by atoms with Crippen molar-refractivity contribution in [1.29, 1.82) is 0 Å². The molecule has 1 rings (SSSR count). The van der Waals surface area contributed by atoms with Crippen molar-refractivity contribution < 1.29 is 14.3 Å². The minimum atomic E-state index is -0.266. The zero-order valence-corrected chi connectivity index (χ0v) is 11.3. The summed E-state index contributed by atoms with van der Waals surface area (Å²) in [5, 5.41) is 2.80. The summed E-state index contributed by atoms with van der Waals surface area (Å²) < 4.78 is 4.88. The average molecular weight is 261 g/mol. The first kappa shape index (κ1) is 15.0. The standard InChI is InChI=1S/C15H19NO3/c1-4-15(18)16-11(2)14-7-5-13(6-8-14)9-10-19-12(3)17/h4-8,11H,1,9-10H2,2-3H3,(H,16,18). The summed E-state index contributed by atoms with van der Waals surface area (Å²) in [6.45, 7) is 7.11. The molecule has 4 heteroatoms. The Kier molecular flexibility index (Phi) is 5.79. The molecule has 0 aliphatic carbocycles. The molecule has 0 aliphatic rings. The first-order valence-electron chi connectivity index (χ1n) is 6.18. The van der Waals surface area contributed by atoms with Gasteiger partial charge in [0.15, 0.2) is 0 Å². The van der Waals surface area contributed by atoms with E-state index in [9.17, 15) is 9.59 Å². The second-order valence-electron chi connectivity index (χ2n) is 4.27. The van der Waals surface area contributed by atoms with Gasteiger partial charge in [-0.15, -0.1) is 0 Å². The predicted octanol–water partition coefficient (Wildman–Crippen LogP) is 2.16. The number of rotatable bonds is 6. The van der Waals surface area contributed by atoms with Gasteiger partial charge in [-0.3, -0.25) is 9.59 Å². The van der Waals surface area contributed by atoms with E-state index in [1.54, 1.807) is 0 Å². The summed E-state index contributed by atoms with van der Waals surface area (Å²) in [6, 6.07) is 7.78. The number of carbonyl (C=O) groups is 2. The molecule has 0 fully saturated rings. The molecule has 0 bridgehead atoms. The number of carbonyl (C=O) groups excluding carboxylic acids is 2. The lowest BCUT2D eigenvalue weighted by molar-refractivity contribution is -0.140. The van der Waals surface area contributed by atoms with Crippen molar-refractivity contribution in [3.05, 3.63) is 48.0 Å². The summed E-state index contributed by atoms with van der Waals surface area (Å²) in [4.78, 5) is 21.8. The molecule has 1 unspecified atom stereocenters. The maximum atomic E-state index is 11.2. The highest BCUT2D eigenvalue weighted by molar-refractivity contribution is 5.87. The zero-order chi connectivity index (χ0) is 14.3. The molecular formula is C15H19NO3. The van der Waals surface area contributed by atoms with Gasteiger partial charge < -0.3 is 10.1 Å². The monoisotopic (exact) mass is 261 g/mol. The summed E-state index contributed by atoms with van der Waals surface area (Å²) in [7, 11) is 0. The molecule has 1 atom stereocenters. The van der Waals surface area contributed by atoms with E-state index in [1.165, 1.54) is 13.0 Å². The lowest BCUT2D eigenvalue weighted by atomic mass is 10.0. The van der Waals surface area contributed by atoms with Crippen LogP contribution in [-0.4, -0.2) is 18.5 Å². The summed E-state index contributed by atoms with van der Waals surface area (Å²) in [5.74, 6) is -0.455. The van der Waals surface area contributed by atoms with Gasteiger partial charge in [0.2, 0.25) is 5.91 Å². The van der Waals surface area contributed by atoms with Crippen LogP contribution in [0.25, 0.3) is 0 Å². The Morgan fingerprint density at radius 1 is 1.37 bits per heavy atom. The van der Waals surface area contributed by atoms with Gasteiger partial charge >= 0.3 is 5.97 Å². The fourth-order valence-electron chi connectivity index (χ4n) is 1.64. The summed E-state index contributed by atoms with van der Waals surface area (Å²) in [6.07, 6.45) is 1.94. The summed E-state index contributed by atoms with van der Waals surface area (Å²) >= 11 is 0. The molecule has 0 saturated carbocycles. The van der Waals surface area contributed by atoms with E-state index in [0.29, 0.717) is 13.0 Å². The topological polar surface area (TPSA) is 55.4 Å². The largest absolute Gasteiger partial charge is 0.466 e. The van der Waals surface area contributed by atoms with E-state index in [4.69, 9.17) is 4.74 Å². The van der Waals surface area contributed by atoms with Crippen molar-refractivity contribution in [2.24, 2.45) is 0 Å². The highest BCUT2D eigenvalue weighted by atomic mass is 16.5. The van der Waals surface area contributed by atoms with Crippen LogP contribution in [-0.2, 0) is 20.7 Å². The lowest BCUT2D eigenvalue weighted by Crippen LogP contribution is -2.24. The van der Waals surface area contributed by atoms with Crippen LogP contribution in [0.15, 0.2) is 36.9 Å². The Morgan fingerprint density at radius 3 is 2.53 bits per heavy atom. The minimum Gasteiger partial charge on any atom is -0.466 e. The molecule has 0 aromatic heterocycles. The highest BCUT2D eigenvalue weighted by Crippen LogP contribution is 2.13. The van der Waals surface area contributed by atoms with E-state index in [2.05, 4.69) is 11.9 Å². The molecule has 0 heterocycles. The number of esters is 1. The summed E-state index contributed by atoms with van der Waals surface area (Å²) in [5.41, 5.74) is 2.11. The maximum Gasteiger partial charge on any atom is 0.302 e. The predicted molar refractivity (Wildman–Crippen MR) is 73.5 cm³/mol. The Hall–Kier alpha value is -2.10. The number of ether oxygens (including phenoxy) is 1. The Labute approximate surface area is 113 Å². The third-order valence-corrected chi connectivity index (χ3v) is 2.72. The average Bonchev–Trinajstić information content (AvgIpc) is 2.38. The molecule has 1 N–H and O–H groups in total. The fraction of sp³-hybridized carbons (Fsp3) is 0.333. The molecule has 0 spiro atoms. The van der Waals surface area contributed by atoms with Crippen molar-refractivity contribution in [3.63, 3.8) is 0 Å². The Bertz CT molecular complexity index is 451.